The van der Waals surface area contributed by atoms with Crippen molar-refractivity contribution in [2.45, 2.75) is 38.0 Å². The van der Waals surface area contributed by atoms with Crippen LogP contribution in [0.4, 0.5) is 5.69 Å². The number of rotatable bonds is 3. The van der Waals surface area contributed by atoms with Gasteiger partial charge in [0.25, 0.3) is 11.5 Å². The Morgan fingerprint density at radius 2 is 2.03 bits per heavy atom. The summed E-state index contributed by atoms with van der Waals surface area (Å²) in [5, 5.41) is 9.48. The van der Waals surface area contributed by atoms with Crippen LogP contribution in [0, 0.1) is 6.92 Å². The van der Waals surface area contributed by atoms with Gasteiger partial charge >= 0.3 is 0 Å². The smallest absolute Gasteiger partial charge is 0.274 e. The van der Waals surface area contributed by atoms with Crippen LogP contribution in [0.3, 0.4) is 0 Å². The van der Waals surface area contributed by atoms with E-state index in [0.717, 1.165) is 0 Å². The third-order valence-corrected chi connectivity index (χ3v) is 7.89. The number of anilines is 1. The number of carbonyl (C=O) groups excluding carboxylic acids is 3. The number of fused-ring (bicyclic) bond motifs is 2. The lowest BCUT2D eigenvalue weighted by molar-refractivity contribution is -0.135. The Morgan fingerprint density at radius 3 is 2.77 bits per heavy atom. The van der Waals surface area contributed by atoms with Crippen LogP contribution in [0.1, 0.15) is 46.5 Å². The summed E-state index contributed by atoms with van der Waals surface area (Å²) in [7, 11) is -1.75. The lowest BCUT2D eigenvalue weighted by Gasteiger charge is -2.24. The molecule has 1 saturated heterocycles. The molecule has 0 saturated carbocycles. The van der Waals surface area contributed by atoms with Gasteiger partial charge in [-0.1, -0.05) is 6.07 Å². The normalized spacial score (nSPS) is 22.1. The van der Waals surface area contributed by atoms with Crippen LogP contribution in [0.2, 0.25) is 0 Å². The summed E-state index contributed by atoms with van der Waals surface area (Å²) < 4.78 is 26.9. The number of sulfone groups is 1. The Bertz CT molecular complexity index is 1540. The molecule has 3 amide bonds. The standard InChI is InChI=1S/C22H22N6O6S/c1-11-23-18-12(22(32)28(11)16-6-7-17(29)25-20(16)30)4-3-5-15(18)24-21(31)19-13-10-35(33,34)9-8-14(13)26-27(19)2/h3-5,16H,6-10H2,1-2H3,(H2-,24,25,29,30,31,33,34). The maximum Gasteiger partial charge on any atom is 0.274 e. The Kier molecular flexibility index (Phi) is 5.40. The number of nitrogens with zero attached hydrogens (tertiary/aromatic N) is 4. The van der Waals surface area contributed by atoms with Crippen LogP contribution in [-0.4, -0.2) is 47.4 Å². The molecule has 2 aromatic heterocycles. The van der Waals surface area contributed by atoms with E-state index >= 15 is 0 Å². The summed E-state index contributed by atoms with van der Waals surface area (Å²) in [6.45, 7) is 1.57. The summed E-state index contributed by atoms with van der Waals surface area (Å²) in [5.74, 6) is -1.54. The molecule has 2 aliphatic heterocycles. The highest BCUT2D eigenvalue weighted by atomic mass is 32.3. The van der Waals surface area contributed by atoms with Gasteiger partial charge in [0.15, 0.2) is 0 Å². The van der Waals surface area contributed by atoms with Gasteiger partial charge in [0.2, 0.25) is 11.8 Å². The molecule has 2 unspecified atom stereocenters. The van der Waals surface area contributed by atoms with Gasteiger partial charge in [-0.25, -0.2) is 4.98 Å². The quantitative estimate of drug-likeness (QED) is 0.385. The summed E-state index contributed by atoms with van der Waals surface area (Å²) in [6.07, 6.45) is 0.540. The Labute approximate surface area is 200 Å². The van der Waals surface area contributed by atoms with Gasteiger partial charge in [0.1, 0.15) is 34.6 Å². The van der Waals surface area contributed by atoms with Crippen LogP contribution < -0.4 is 16.2 Å². The van der Waals surface area contributed by atoms with Crippen LogP contribution in [0.5, 0.6) is 0 Å². The van der Waals surface area contributed by atoms with E-state index in [1.807, 2.05) is 0 Å². The number of amides is 3. The molecule has 2 N–H and O–H groups in total. The first-order valence-corrected chi connectivity index (χ1v) is 12.8. The highest BCUT2D eigenvalue weighted by Crippen LogP contribution is 2.28. The molecule has 0 bridgehead atoms. The molecule has 0 aliphatic carbocycles. The SMILES string of the molecule is Cc1nc2c(NC(=O)c3c4c(nn3C)CC[S+](=O)([O-])C4)cccc2c(=O)n1C1CCC(=O)NC1=O. The minimum absolute atomic E-state index is 0.00987. The zero-order valence-corrected chi connectivity index (χ0v) is 19.8. The van der Waals surface area contributed by atoms with E-state index in [1.165, 1.54) is 9.25 Å². The molecule has 2 atom stereocenters. The van der Waals surface area contributed by atoms with Crippen molar-refractivity contribution in [3.05, 3.63) is 51.3 Å². The van der Waals surface area contributed by atoms with Gasteiger partial charge < -0.3 is 9.87 Å². The van der Waals surface area contributed by atoms with Gasteiger partial charge in [0.05, 0.1) is 32.5 Å². The van der Waals surface area contributed by atoms with E-state index in [-0.39, 0.29) is 64.8 Å². The average molecular weight is 499 g/mol. The van der Waals surface area contributed by atoms with Crippen molar-refractivity contribution < 1.29 is 23.1 Å². The molecule has 3 aromatic rings. The molecule has 182 valence electrons. The Hall–Kier alpha value is -3.71. The zero-order chi connectivity index (χ0) is 25.1. The van der Waals surface area contributed by atoms with E-state index < -0.39 is 33.6 Å². The van der Waals surface area contributed by atoms with E-state index in [4.69, 9.17) is 0 Å². The van der Waals surface area contributed by atoms with E-state index in [1.54, 1.807) is 32.2 Å². The highest BCUT2D eigenvalue weighted by Gasteiger charge is 2.34. The Balaban J connectivity index is 1.54. The van der Waals surface area contributed by atoms with Gasteiger partial charge in [0, 0.05) is 19.9 Å². The number of hydrogen-bond donors (Lipinski definition) is 2. The number of aromatic nitrogens is 4. The first-order chi connectivity index (χ1) is 16.6. The molecule has 1 fully saturated rings. The summed E-state index contributed by atoms with van der Waals surface area (Å²) in [4.78, 5) is 54.9. The number of nitrogens with one attached hydrogen (secondary N) is 2. The minimum Gasteiger partial charge on any atom is -0.614 e. The number of piperidine rings is 1. The van der Waals surface area contributed by atoms with Crippen molar-refractivity contribution in [2.24, 2.45) is 7.05 Å². The fraction of sp³-hybridized carbons (Fsp3) is 0.364. The number of imide groups is 1. The monoisotopic (exact) mass is 498 g/mol. The lowest BCUT2D eigenvalue weighted by atomic mass is 10.1. The number of aryl methyl sites for hydroxylation is 3. The summed E-state index contributed by atoms with van der Waals surface area (Å²) >= 11 is 0. The van der Waals surface area contributed by atoms with Gasteiger partial charge in [-0.3, -0.25) is 33.7 Å². The molecule has 1 aromatic carbocycles. The largest absolute Gasteiger partial charge is 0.614 e. The van der Waals surface area contributed by atoms with Crippen molar-refractivity contribution in [1.29, 1.82) is 0 Å². The second kappa shape index (κ2) is 8.20. The van der Waals surface area contributed by atoms with Crippen molar-refractivity contribution in [3.8, 4) is 0 Å². The third-order valence-electron chi connectivity index (χ3n) is 6.34. The van der Waals surface area contributed by atoms with Crippen molar-refractivity contribution in [2.75, 3.05) is 11.1 Å². The second-order valence-electron chi connectivity index (χ2n) is 8.70. The number of para-hydroxylation sites is 1. The van der Waals surface area contributed by atoms with Crippen LogP contribution in [0.15, 0.2) is 23.0 Å². The lowest BCUT2D eigenvalue weighted by Crippen LogP contribution is -2.45. The zero-order valence-electron chi connectivity index (χ0n) is 19.0. The third kappa shape index (κ3) is 3.96. The van der Waals surface area contributed by atoms with Crippen LogP contribution in [-0.2, 0) is 43.2 Å². The minimum atomic E-state index is -3.32. The van der Waals surface area contributed by atoms with Crippen molar-refractivity contribution >= 4 is 44.5 Å². The molecule has 2 aliphatic rings. The second-order valence-corrected chi connectivity index (χ2v) is 10.9. The number of hydrogen-bond acceptors (Lipinski definition) is 8. The molecular weight excluding hydrogens is 476 g/mol. The van der Waals surface area contributed by atoms with E-state index in [9.17, 15) is 27.9 Å². The molecule has 0 radical (unpaired) electrons. The fourth-order valence-electron chi connectivity index (χ4n) is 4.71. The maximum atomic E-state index is 13.3. The molecule has 4 heterocycles. The average Bonchev–Trinajstić information content (AvgIpc) is 3.09. The van der Waals surface area contributed by atoms with Crippen molar-refractivity contribution in [1.82, 2.24) is 24.6 Å². The number of benzene rings is 1. The van der Waals surface area contributed by atoms with Gasteiger partial charge in [-0.2, -0.15) is 5.10 Å². The molecule has 0 spiro atoms. The van der Waals surface area contributed by atoms with Gasteiger partial charge in [-0.15, -0.1) is 4.21 Å². The molecular formula is C22H22N6O6S. The maximum absolute atomic E-state index is 13.3. The molecule has 35 heavy (non-hydrogen) atoms. The molecule has 12 nitrogen and oxygen atoms in total. The van der Waals surface area contributed by atoms with Crippen molar-refractivity contribution in [3.63, 3.8) is 0 Å². The first kappa shape index (κ1) is 23.1. The molecule has 13 heteroatoms. The van der Waals surface area contributed by atoms with Crippen LogP contribution in [0.25, 0.3) is 10.9 Å². The summed E-state index contributed by atoms with van der Waals surface area (Å²) in [6, 6.07) is 3.84. The van der Waals surface area contributed by atoms with Crippen LogP contribution >= 0.6 is 0 Å². The highest BCUT2D eigenvalue weighted by molar-refractivity contribution is 7.96. The number of carbonyl (C=O) groups is 3. The predicted octanol–water partition coefficient (Wildman–Crippen LogP) is 0.354. The first-order valence-electron chi connectivity index (χ1n) is 11.0. The fourth-order valence-corrected chi connectivity index (χ4v) is 6.10. The van der Waals surface area contributed by atoms with E-state index in [0.29, 0.717) is 11.3 Å². The molecule has 5 rings (SSSR count). The predicted molar refractivity (Wildman–Crippen MR) is 124 cm³/mol. The Morgan fingerprint density at radius 1 is 1.26 bits per heavy atom. The topological polar surface area (TPSA) is 168 Å². The van der Waals surface area contributed by atoms with Gasteiger partial charge in [-0.05, 0) is 25.5 Å². The summed E-state index contributed by atoms with van der Waals surface area (Å²) in [5.41, 5.74) is 1.11. The van der Waals surface area contributed by atoms with E-state index in [2.05, 4.69) is 20.7 Å².